The van der Waals surface area contributed by atoms with Crippen LogP contribution in [-0.2, 0) is 13.1 Å². The SMILES string of the molecule is CCC1CC2CC3(CNC(=O)c4cccc(CN5CCC(CCC6CCN(Cc7ccc(OCCCN(C)C)cc7)CC6)CC5)c4)CC(C)(C1)C3(C)C2.[HH]. The van der Waals surface area contributed by atoms with Crippen LogP contribution in [0.4, 0.5) is 0 Å². The molecule has 294 valence electrons. The van der Waals surface area contributed by atoms with E-state index in [1.807, 2.05) is 6.07 Å². The fourth-order valence-electron chi connectivity index (χ4n) is 12.2. The number of amides is 1. The number of carbonyl (C=O) groups is 1. The van der Waals surface area contributed by atoms with Crippen LogP contribution in [0.2, 0.25) is 0 Å². The van der Waals surface area contributed by atoms with E-state index in [1.54, 1.807) is 0 Å². The Morgan fingerprint density at radius 3 is 2.17 bits per heavy atom. The number of likely N-dealkylation sites (tertiary alicyclic amines) is 2. The van der Waals surface area contributed by atoms with Gasteiger partial charge in [-0.05, 0) is 180 Å². The van der Waals surface area contributed by atoms with Crippen molar-refractivity contribution in [2.24, 2.45) is 39.9 Å². The highest BCUT2D eigenvalue weighted by Gasteiger charge is 2.73. The Morgan fingerprint density at radius 1 is 0.868 bits per heavy atom. The Kier molecular flexibility index (Phi) is 12.3. The first kappa shape index (κ1) is 38.8. The smallest absolute Gasteiger partial charge is 0.251 e. The van der Waals surface area contributed by atoms with Gasteiger partial charge in [-0.3, -0.25) is 14.6 Å². The Bertz CT molecular complexity index is 1500. The van der Waals surface area contributed by atoms with Crippen molar-refractivity contribution in [2.45, 2.75) is 117 Å². The summed E-state index contributed by atoms with van der Waals surface area (Å²) in [6.45, 7) is 17.0. The number of nitrogens with one attached hydrogen (secondary N) is 1. The van der Waals surface area contributed by atoms with Crippen molar-refractivity contribution in [3.05, 3.63) is 65.2 Å². The zero-order valence-electron chi connectivity index (χ0n) is 34.1. The highest BCUT2D eigenvalue weighted by molar-refractivity contribution is 5.94. The number of rotatable bonds is 16. The van der Waals surface area contributed by atoms with Crippen molar-refractivity contribution in [2.75, 3.05) is 60.0 Å². The predicted molar refractivity (Wildman–Crippen MR) is 220 cm³/mol. The van der Waals surface area contributed by atoms with Crippen molar-refractivity contribution < 1.29 is 11.0 Å². The van der Waals surface area contributed by atoms with Gasteiger partial charge in [0, 0.05) is 33.2 Å². The highest BCUT2D eigenvalue weighted by Crippen LogP contribution is 2.79. The molecular weight excluding hydrogens is 653 g/mol. The third-order valence-corrected chi connectivity index (χ3v) is 15.5. The van der Waals surface area contributed by atoms with Gasteiger partial charge in [0.05, 0.1) is 6.61 Å². The lowest BCUT2D eigenvalue weighted by Gasteiger charge is -2.68. The van der Waals surface area contributed by atoms with E-state index in [2.05, 4.69) is 97.3 Å². The van der Waals surface area contributed by atoms with E-state index < -0.39 is 0 Å². The summed E-state index contributed by atoms with van der Waals surface area (Å²) in [7, 11) is 4.21. The molecule has 1 amide bonds. The lowest BCUT2D eigenvalue weighted by molar-refractivity contribution is -0.185. The van der Waals surface area contributed by atoms with Crippen LogP contribution in [0.25, 0.3) is 0 Å². The summed E-state index contributed by atoms with van der Waals surface area (Å²) in [6.07, 6.45) is 17.3. The molecule has 5 unspecified atom stereocenters. The fraction of sp³-hybridized carbons (Fsp3) is 0.723. The van der Waals surface area contributed by atoms with Gasteiger partial charge in [-0.2, -0.15) is 0 Å². The summed E-state index contributed by atoms with van der Waals surface area (Å²) in [5, 5.41) is 3.46. The summed E-state index contributed by atoms with van der Waals surface area (Å²) in [6, 6.07) is 17.3. The number of ether oxygens (including phenoxy) is 1. The standard InChI is InChI=1S/C47H72N4O2.H2/c1-6-36-27-41-30-46(3)45(2,29-36)34-47(46,31-41)35-48-44(52)42-10-7-9-40(28-42)33-51-24-19-38(20-25-51)12-11-37-17-22-50(23-18-37)32-39-13-15-43(16-14-39)53-26-8-21-49(4)5;/h7,9-10,13-16,28,36-38,41H,6,8,11-12,17-27,29-35H2,1-5H3,(H,48,52);1H. The molecule has 2 aromatic rings. The minimum absolute atomic E-state index is 0. The van der Waals surface area contributed by atoms with Crippen molar-refractivity contribution in [1.29, 1.82) is 0 Å². The molecule has 3 saturated carbocycles. The van der Waals surface area contributed by atoms with Gasteiger partial charge in [0.1, 0.15) is 5.75 Å². The third kappa shape index (κ3) is 8.86. The summed E-state index contributed by atoms with van der Waals surface area (Å²) < 4.78 is 5.93. The second-order valence-electron chi connectivity index (χ2n) is 19.4. The first-order valence-electron chi connectivity index (χ1n) is 21.7. The molecule has 7 rings (SSSR count). The molecule has 0 aromatic heterocycles. The number of piperidine rings is 2. The third-order valence-electron chi connectivity index (χ3n) is 15.5. The maximum absolute atomic E-state index is 13.5. The predicted octanol–water partition coefficient (Wildman–Crippen LogP) is 9.53. The molecule has 2 heterocycles. The van der Waals surface area contributed by atoms with Crippen molar-refractivity contribution in [3.8, 4) is 5.75 Å². The van der Waals surface area contributed by atoms with E-state index in [9.17, 15) is 4.79 Å². The van der Waals surface area contributed by atoms with Crippen LogP contribution in [0.5, 0.6) is 5.75 Å². The monoisotopic (exact) mass is 727 g/mol. The Balaban J connectivity index is 0.00000497. The van der Waals surface area contributed by atoms with E-state index in [-0.39, 0.29) is 7.33 Å². The van der Waals surface area contributed by atoms with Gasteiger partial charge in [-0.15, -0.1) is 0 Å². The van der Waals surface area contributed by atoms with Crippen LogP contribution >= 0.6 is 0 Å². The zero-order valence-corrected chi connectivity index (χ0v) is 34.1. The molecule has 5 fully saturated rings. The first-order chi connectivity index (χ1) is 25.5. The van der Waals surface area contributed by atoms with Gasteiger partial charge in [0.15, 0.2) is 0 Å². The quantitative estimate of drug-likeness (QED) is 0.175. The van der Waals surface area contributed by atoms with E-state index in [1.165, 1.54) is 114 Å². The van der Waals surface area contributed by atoms with E-state index in [0.29, 0.717) is 16.2 Å². The number of hydrogen-bond acceptors (Lipinski definition) is 5. The van der Waals surface area contributed by atoms with Gasteiger partial charge in [-0.25, -0.2) is 0 Å². The van der Waals surface area contributed by atoms with E-state index >= 15 is 0 Å². The number of hydrogen-bond donors (Lipinski definition) is 1. The molecule has 1 N–H and O–H groups in total. The normalized spacial score (nSPS) is 31.0. The second-order valence-corrected chi connectivity index (χ2v) is 19.4. The summed E-state index contributed by atoms with van der Waals surface area (Å²) in [4.78, 5) is 21.0. The van der Waals surface area contributed by atoms with Crippen LogP contribution in [0.3, 0.4) is 0 Å². The van der Waals surface area contributed by atoms with Crippen LogP contribution in [0, 0.1) is 39.9 Å². The largest absolute Gasteiger partial charge is 0.494 e. The average Bonchev–Trinajstić information content (AvgIpc) is 3.34. The molecule has 2 aliphatic heterocycles. The molecule has 53 heavy (non-hydrogen) atoms. The number of fused-ring (bicyclic) bond motifs is 1. The maximum Gasteiger partial charge on any atom is 0.251 e. The van der Waals surface area contributed by atoms with E-state index in [0.717, 1.165) is 74.2 Å². The molecule has 2 aromatic carbocycles. The van der Waals surface area contributed by atoms with Gasteiger partial charge in [0.25, 0.3) is 5.91 Å². The summed E-state index contributed by atoms with van der Waals surface area (Å²) >= 11 is 0. The average molecular weight is 727 g/mol. The topological polar surface area (TPSA) is 48.1 Å². The molecule has 0 radical (unpaired) electrons. The van der Waals surface area contributed by atoms with Gasteiger partial charge in [0.2, 0.25) is 0 Å². The minimum atomic E-state index is 0. The maximum atomic E-state index is 13.5. The molecular formula is C47H74N4O2. The molecule has 2 bridgehead atoms. The van der Waals surface area contributed by atoms with Crippen LogP contribution in [0.1, 0.15) is 127 Å². The second kappa shape index (κ2) is 16.8. The van der Waals surface area contributed by atoms with Gasteiger partial charge < -0.3 is 15.0 Å². The van der Waals surface area contributed by atoms with Crippen LogP contribution in [0.15, 0.2) is 48.5 Å². The van der Waals surface area contributed by atoms with Gasteiger partial charge >= 0.3 is 0 Å². The Hall–Kier alpha value is -2.41. The molecule has 6 heteroatoms. The van der Waals surface area contributed by atoms with E-state index in [4.69, 9.17) is 4.74 Å². The van der Waals surface area contributed by atoms with Gasteiger partial charge in [-0.1, -0.05) is 64.3 Å². The molecule has 0 spiro atoms. The van der Waals surface area contributed by atoms with Crippen molar-refractivity contribution >= 4 is 5.91 Å². The summed E-state index contributed by atoms with van der Waals surface area (Å²) in [5.41, 5.74) is 4.64. The Morgan fingerprint density at radius 2 is 1.53 bits per heavy atom. The molecule has 2 saturated heterocycles. The molecule has 6 nitrogen and oxygen atoms in total. The van der Waals surface area contributed by atoms with Crippen molar-refractivity contribution in [3.63, 3.8) is 0 Å². The first-order valence-corrected chi connectivity index (χ1v) is 21.7. The Labute approximate surface area is 324 Å². The number of benzene rings is 2. The fourth-order valence-corrected chi connectivity index (χ4v) is 12.2. The lowest BCUT2D eigenvalue weighted by Crippen LogP contribution is -2.64. The lowest BCUT2D eigenvalue weighted by atomic mass is 9.37. The molecule has 3 aliphatic carbocycles. The molecule has 5 atom stereocenters. The zero-order chi connectivity index (χ0) is 37.1. The molecule has 5 aliphatic rings. The number of nitrogens with zero attached hydrogens (tertiary/aromatic N) is 3. The van der Waals surface area contributed by atoms with Crippen molar-refractivity contribution in [1.82, 2.24) is 20.0 Å². The van der Waals surface area contributed by atoms with Crippen LogP contribution < -0.4 is 10.1 Å². The minimum Gasteiger partial charge on any atom is -0.494 e. The van der Waals surface area contributed by atoms with Crippen LogP contribution in [-0.4, -0.2) is 80.6 Å². The highest BCUT2D eigenvalue weighted by atomic mass is 16.5. The number of carbonyl (C=O) groups excluding carboxylic acids is 1. The summed E-state index contributed by atoms with van der Waals surface area (Å²) in [5.74, 6) is 4.61.